The highest BCUT2D eigenvalue weighted by Crippen LogP contribution is 2.32. The molecule has 0 aliphatic heterocycles. The summed E-state index contributed by atoms with van der Waals surface area (Å²) < 4.78 is 0. The van der Waals surface area contributed by atoms with Crippen LogP contribution in [0.4, 0.5) is 0 Å². The predicted molar refractivity (Wildman–Crippen MR) is 71.9 cm³/mol. The third-order valence-corrected chi connectivity index (χ3v) is 5.73. The Morgan fingerprint density at radius 1 is 0.875 bits per heavy atom. The summed E-state index contributed by atoms with van der Waals surface area (Å²) in [5.74, 6) is 1.61. The summed E-state index contributed by atoms with van der Waals surface area (Å²) in [6.45, 7) is 0. The minimum absolute atomic E-state index is 0.0211. The average molecular weight is 242 g/mol. The smallest absolute Gasteiger partial charge is 0.0658 e. The molecule has 0 amide bonds. The van der Waals surface area contributed by atoms with Crippen LogP contribution in [0.15, 0.2) is 0 Å². The first kappa shape index (κ1) is 12.8. The molecule has 0 aromatic heterocycles. The minimum Gasteiger partial charge on any atom is -0.392 e. The summed E-state index contributed by atoms with van der Waals surface area (Å²) in [6, 6.07) is 0. The van der Waals surface area contributed by atoms with Crippen molar-refractivity contribution in [1.29, 1.82) is 0 Å². The van der Waals surface area contributed by atoms with Crippen LogP contribution in [0.3, 0.4) is 0 Å². The maximum Gasteiger partial charge on any atom is 0.0658 e. The van der Waals surface area contributed by atoms with E-state index in [1.165, 1.54) is 64.2 Å². The van der Waals surface area contributed by atoms with Crippen molar-refractivity contribution >= 4 is 11.8 Å². The van der Waals surface area contributed by atoms with E-state index in [1.807, 2.05) is 11.8 Å². The molecule has 2 rings (SSSR count). The van der Waals surface area contributed by atoms with Gasteiger partial charge in [-0.2, -0.15) is 11.8 Å². The molecule has 2 aliphatic carbocycles. The van der Waals surface area contributed by atoms with E-state index in [9.17, 15) is 5.11 Å². The normalized spacial score (nSPS) is 26.8. The van der Waals surface area contributed by atoms with Crippen LogP contribution in [0.1, 0.15) is 64.2 Å². The van der Waals surface area contributed by atoms with Crippen molar-refractivity contribution < 1.29 is 5.11 Å². The number of hydrogen-bond donors (Lipinski definition) is 1. The van der Waals surface area contributed by atoms with E-state index in [0.717, 1.165) is 11.0 Å². The lowest BCUT2D eigenvalue weighted by molar-refractivity contribution is 0.105. The highest BCUT2D eigenvalue weighted by molar-refractivity contribution is 7.99. The molecule has 0 radical (unpaired) electrons. The minimum atomic E-state index is -0.0211. The Bertz CT molecular complexity index is 183. The van der Waals surface area contributed by atoms with Gasteiger partial charge in [-0.1, -0.05) is 38.5 Å². The fourth-order valence-corrected chi connectivity index (χ4v) is 4.53. The van der Waals surface area contributed by atoms with Crippen molar-refractivity contribution in [3.05, 3.63) is 0 Å². The van der Waals surface area contributed by atoms with E-state index in [2.05, 4.69) is 0 Å². The third-order valence-electron chi connectivity index (χ3n) is 4.25. The van der Waals surface area contributed by atoms with Crippen molar-refractivity contribution in [1.82, 2.24) is 0 Å². The number of aliphatic hydroxyl groups is 1. The van der Waals surface area contributed by atoms with Crippen molar-refractivity contribution in [2.45, 2.75) is 75.6 Å². The molecule has 2 saturated carbocycles. The van der Waals surface area contributed by atoms with Gasteiger partial charge in [0, 0.05) is 11.0 Å². The molecule has 2 aliphatic rings. The Hall–Kier alpha value is 0.310. The second kappa shape index (κ2) is 6.90. The molecule has 16 heavy (non-hydrogen) atoms. The molecule has 2 fully saturated rings. The largest absolute Gasteiger partial charge is 0.392 e. The summed E-state index contributed by atoms with van der Waals surface area (Å²) in [5.41, 5.74) is 0. The zero-order chi connectivity index (χ0) is 11.2. The molecule has 0 saturated heterocycles. The molecule has 0 aromatic carbocycles. The van der Waals surface area contributed by atoms with Crippen LogP contribution in [0.5, 0.6) is 0 Å². The Kier molecular flexibility index (Phi) is 5.51. The van der Waals surface area contributed by atoms with Crippen molar-refractivity contribution in [2.24, 2.45) is 5.92 Å². The van der Waals surface area contributed by atoms with Crippen LogP contribution in [0, 0.1) is 5.92 Å². The van der Waals surface area contributed by atoms with Gasteiger partial charge >= 0.3 is 0 Å². The fraction of sp³-hybridized carbons (Fsp3) is 1.00. The lowest BCUT2D eigenvalue weighted by atomic mass is 9.86. The number of aliphatic hydroxyl groups excluding tert-OH is 1. The molecule has 0 aromatic rings. The van der Waals surface area contributed by atoms with Crippen LogP contribution in [0.25, 0.3) is 0 Å². The first-order valence-electron chi connectivity index (χ1n) is 7.16. The maximum absolute atomic E-state index is 10.2. The fourth-order valence-electron chi connectivity index (χ4n) is 3.12. The Morgan fingerprint density at radius 2 is 1.44 bits per heavy atom. The van der Waals surface area contributed by atoms with Gasteiger partial charge in [0.05, 0.1) is 6.10 Å². The Labute approximate surface area is 104 Å². The van der Waals surface area contributed by atoms with Crippen molar-refractivity contribution in [2.75, 3.05) is 5.75 Å². The van der Waals surface area contributed by atoms with Crippen LogP contribution in [0.2, 0.25) is 0 Å². The summed E-state index contributed by atoms with van der Waals surface area (Å²) in [7, 11) is 0. The maximum atomic E-state index is 10.2. The van der Waals surface area contributed by atoms with Crippen molar-refractivity contribution in [3.63, 3.8) is 0 Å². The van der Waals surface area contributed by atoms with E-state index in [4.69, 9.17) is 0 Å². The molecule has 1 N–H and O–H groups in total. The highest BCUT2D eigenvalue weighted by Gasteiger charge is 2.23. The lowest BCUT2D eigenvalue weighted by Crippen LogP contribution is -2.26. The summed E-state index contributed by atoms with van der Waals surface area (Å²) in [6.07, 6.45) is 13.6. The number of rotatable bonds is 4. The molecule has 1 nitrogen and oxygen atoms in total. The van der Waals surface area contributed by atoms with E-state index in [0.29, 0.717) is 5.92 Å². The zero-order valence-corrected chi connectivity index (χ0v) is 11.2. The van der Waals surface area contributed by atoms with Gasteiger partial charge in [0.15, 0.2) is 0 Å². The predicted octanol–water partition coefficient (Wildman–Crippen LogP) is 3.99. The zero-order valence-electron chi connectivity index (χ0n) is 10.4. The van der Waals surface area contributed by atoms with Crippen LogP contribution in [-0.4, -0.2) is 22.2 Å². The van der Waals surface area contributed by atoms with Gasteiger partial charge in [-0.05, 0) is 31.6 Å². The molecule has 2 heteroatoms. The van der Waals surface area contributed by atoms with E-state index in [1.54, 1.807) is 0 Å². The van der Waals surface area contributed by atoms with Gasteiger partial charge in [0.25, 0.3) is 0 Å². The molecule has 0 bridgehead atoms. The van der Waals surface area contributed by atoms with E-state index in [-0.39, 0.29) is 6.10 Å². The van der Waals surface area contributed by atoms with Gasteiger partial charge in [-0.25, -0.2) is 0 Å². The van der Waals surface area contributed by atoms with E-state index < -0.39 is 0 Å². The molecular weight excluding hydrogens is 216 g/mol. The number of hydrogen-bond acceptors (Lipinski definition) is 2. The summed E-state index contributed by atoms with van der Waals surface area (Å²) in [5, 5.41) is 11.0. The first-order valence-corrected chi connectivity index (χ1v) is 8.21. The molecule has 94 valence electrons. The molecule has 0 spiro atoms. The van der Waals surface area contributed by atoms with Gasteiger partial charge in [-0.3, -0.25) is 0 Å². The second-order valence-electron chi connectivity index (χ2n) is 5.56. The Morgan fingerprint density at radius 3 is 2.06 bits per heavy atom. The van der Waals surface area contributed by atoms with Gasteiger partial charge in [0.2, 0.25) is 0 Å². The van der Waals surface area contributed by atoms with Crippen LogP contribution in [-0.2, 0) is 0 Å². The first-order chi connectivity index (χ1) is 7.86. The van der Waals surface area contributed by atoms with Crippen LogP contribution < -0.4 is 0 Å². The SMILES string of the molecule is OC(CSC1CCCCC1)C1CCCCC1. The topological polar surface area (TPSA) is 20.2 Å². The third kappa shape index (κ3) is 3.96. The van der Waals surface area contributed by atoms with E-state index >= 15 is 0 Å². The van der Waals surface area contributed by atoms with Crippen LogP contribution >= 0.6 is 11.8 Å². The summed E-state index contributed by atoms with van der Waals surface area (Å²) in [4.78, 5) is 0. The molecular formula is C14H26OS. The Balaban J connectivity index is 1.63. The average Bonchev–Trinajstić information content (AvgIpc) is 2.38. The standard InChI is InChI=1S/C14H26OS/c15-14(12-7-3-1-4-8-12)11-16-13-9-5-2-6-10-13/h12-15H,1-11H2. The lowest BCUT2D eigenvalue weighted by Gasteiger charge is -2.28. The molecule has 0 heterocycles. The monoisotopic (exact) mass is 242 g/mol. The summed E-state index contributed by atoms with van der Waals surface area (Å²) >= 11 is 2.05. The quantitative estimate of drug-likeness (QED) is 0.804. The molecule has 1 atom stereocenters. The molecule has 1 unspecified atom stereocenters. The van der Waals surface area contributed by atoms with Gasteiger partial charge < -0.3 is 5.11 Å². The second-order valence-corrected chi connectivity index (χ2v) is 6.89. The number of thioether (sulfide) groups is 1. The van der Waals surface area contributed by atoms with Gasteiger partial charge in [0.1, 0.15) is 0 Å². The highest BCUT2D eigenvalue weighted by atomic mass is 32.2. The van der Waals surface area contributed by atoms with Crippen molar-refractivity contribution in [3.8, 4) is 0 Å². The van der Waals surface area contributed by atoms with Gasteiger partial charge in [-0.15, -0.1) is 0 Å².